The minimum Gasteiger partial charge on any atom is -0.497 e. The van der Waals surface area contributed by atoms with Crippen LogP contribution in [0.1, 0.15) is 0 Å². The summed E-state index contributed by atoms with van der Waals surface area (Å²) in [5, 5.41) is 0.641. The Labute approximate surface area is 88.6 Å². The molecule has 14 heavy (non-hydrogen) atoms. The van der Waals surface area contributed by atoms with E-state index >= 15 is 0 Å². The third-order valence-electron chi connectivity index (χ3n) is 1.89. The molecule has 0 unspecified atom stereocenters. The zero-order valence-electron chi connectivity index (χ0n) is 8.25. The molecular formula is C9H14ClN3O. The van der Waals surface area contributed by atoms with E-state index in [4.69, 9.17) is 22.2 Å². The average Bonchev–Trinajstić information content (AvgIpc) is 2.17. The fraction of sp³-hybridized carbons (Fsp3) is 0.333. The van der Waals surface area contributed by atoms with Crippen LogP contribution >= 0.6 is 11.6 Å². The van der Waals surface area contributed by atoms with Crippen molar-refractivity contribution in [3.05, 3.63) is 23.2 Å². The number of anilines is 1. The van der Waals surface area contributed by atoms with Crippen LogP contribution in [0.2, 0.25) is 5.02 Å². The molecule has 0 spiro atoms. The average molecular weight is 216 g/mol. The highest BCUT2D eigenvalue weighted by Crippen LogP contribution is 2.28. The molecular weight excluding hydrogens is 202 g/mol. The van der Waals surface area contributed by atoms with Gasteiger partial charge in [-0.15, -0.1) is 0 Å². The van der Waals surface area contributed by atoms with Crippen molar-refractivity contribution in [1.82, 2.24) is 5.43 Å². The quantitative estimate of drug-likeness (QED) is 0.450. The Hall–Kier alpha value is -0.970. The van der Waals surface area contributed by atoms with E-state index < -0.39 is 0 Å². The van der Waals surface area contributed by atoms with E-state index in [0.29, 0.717) is 11.7 Å². The Morgan fingerprint density at radius 3 is 2.79 bits per heavy atom. The highest BCUT2D eigenvalue weighted by atomic mass is 35.5. The van der Waals surface area contributed by atoms with E-state index in [0.717, 1.165) is 11.4 Å². The van der Waals surface area contributed by atoms with Crippen molar-refractivity contribution in [1.29, 1.82) is 0 Å². The smallest absolute Gasteiger partial charge is 0.120 e. The molecule has 1 rings (SSSR count). The first kappa shape index (κ1) is 11.1. The Morgan fingerprint density at radius 1 is 1.57 bits per heavy atom. The lowest BCUT2D eigenvalue weighted by Crippen LogP contribution is -2.35. The molecule has 0 aliphatic heterocycles. The van der Waals surface area contributed by atoms with Crippen LogP contribution in [0.5, 0.6) is 5.75 Å². The summed E-state index contributed by atoms with van der Waals surface area (Å²) in [6.07, 6.45) is 0. The van der Waals surface area contributed by atoms with E-state index in [1.807, 2.05) is 24.1 Å². The van der Waals surface area contributed by atoms with Crippen LogP contribution in [0, 0.1) is 0 Å². The molecule has 0 amide bonds. The van der Waals surface area contributed by atoms with Crippen molar-refractivity contribution >= 4 is 17.3 Å². The van der Waals surface area contributed by atoms with Gasteiger partial charge in [0.05, 0.1) is 24.5 Å². The molecule has 0 saturated heterocycles. The molecule has 0 fully saturated rings. The van der Waals surface area contributed by atoms with Crippen LogP contribution in [-0.4, -0.2) is 20.8 Å². The van der Waals surface area contributed by atoms with Crippen LogP contribution in [0.25, 0.3) is 0 Å². The van der Waals surface area contributed by atoms with E-state index in [1.165, 1.54) is 0 Å². The molecule has 5 heteroatoms. The van der Waals surface area contributed by atoms with Gasteiger partial charge in [0.15, 0.2) is 0 Å². The van der Waals surface area contributed by atoms with Crippen molar-refractivity contribution < 1.29 is 4.74 Å². The number of nitrogens with one attached hydrogen (secondary N) is 1. The number of rotatable bonds is 4. The fourth-order valence-electron chi connectivity index (χ4n) is 1.15. The molecule has 78 valence electrons. The van der Waals surface area contributed by atoms with Gasteiger partial charge in [0, 0.05) is 13.1 Å². The minimum atomic E-state index is 0.534. The lowest BCUT2D eigenvalue weighted by Gasteiger charge is -2.20. The normalized spacial score (nSPS) is 10.0. The summed E-state index contributed by atoms with van der Waals surface area (Å²) in [5.41, 5.74) is 3.47. The zero-order chi connectivity index (χ0) is 10.6. The van der Waals surface area contributed by atoms with Crippen molar-refractivity contribution in [3.8, 4) is 5.75 Å². The number of hydrogen-bond donors (Lipinski definition) is 2. The molecule has 0 bridgehead atoms. The largest absolute Gasteiger partial charge is 0.497 e. The molecule has 4 nitrogen and oxygen atoms in total. The third-order valence-corrected chi connectivity index (χ3v) is 2.20. The third kappa shape index (κ3) is 2.51. The Kier molecular flexibility index (Phi) is 4.00. The predicted molar refractivity (Wildman–Crippen MR) is 58.6 cm³/mol. The molecule has 3 N–H and O–H groups in total. The first-order chi connectivity index (χ1) is 6.69. The summed E-state index contributed by atoms with van der Waals surface area (Å²) in [7, 11) is 3.50. The van der Waals surface area contributed by atoms with Gasteiger partial charge in [-0.05, 0) is 12.1 Å². The van der Waals surface area contributed by atoms with Gasteiger partial charge >= 0.3 is 0 Å². The SMILES string of the molecule is COc1ccc(N(C)CNN)c(Cl)c1. The fourth-order valence-corrected chi connectivity index (χ4v) is 1.46. The minimum absolute atomic E-state index is 0.534. The highest BCUT2D eigenvalue weighted by Gasteiger charge is 2.05. The summed E-state index contributed by atoms with van der Waals surface area (Å²) in [6, 6.07) is 5.51. The number of benzene rings is 1. The lowest BCUT2D eigenvalue weighted by molar-refractivity contribution is 0.415. The maximum absolute atomic E-state index is 6.05. The predicted octanol–water partition coefficient (Wildman–Crippen LogP) is 1.21. The maximum atomic E-state index is 6.05. The number of methoxy groups -OCH3 is 1. The van der Waals surface area contributed by atoms with Crippen LogP contribution < -0.4 is 20.9 Å². The van der Waals surface area contributed by atoms with Gasteiger partial charge < -0.3 is 9.64 Å². The van der Waals surface area contributed by atoms with E-state index in [1.54, 1.807) is 13.2 Å². The molecule has 1 aromatic carbocycles. The number of ether oxygens (including phenoxy) is 1. The second kappa shape index (κ2) is 5.05. The molecule has 0 atom stereocenters. The monoisotopic (exact) mass is 215 g/mol. The first-order valence-corrected chi connectivity index (χ1v) is 4.55. The summed E-state index contributed by atoms with van der Waals surface area (Å²) in [6.45, 7) is 0.534. The summed E-state index contributed by atoms with van der Waals surface area (Å²) in [5.74, 6) is 5.96. The molecule has 0 saturated carbocycles. The van der Waals surface area contributed by atoms with Gasteiger partial charge in [-0.1, -0.05) is 11.6 Å². The number of hydrogen-bond acceptors (Lipinski definition) is 4. The van der Waals surface area contributed by atoms with Gasteiger partial charge in [-0.25, -0.2) is 5.43 Å². The molecule has 0 heterocycles. The van der Waals surface area contributed by atoms with Crippen LogP contribution in [0.15, 0.2) is 18.2 Å². The van der Waals surface area contributed by atoms with Crippen LogP contribution in [0.4, 0.5) is 5.69 Å². The van der Waals surface area contributed by atoms with Gasteiger partial charge in [0.1, 0.15) is 5.75 Å². The molecule has 0 aliphatic carbocycles. The number of hydrazine groups is 1. The summed E-state index contributed by atoms with van der Waals surface area (Å²) >= 11 is 6.05. The highest BCUT2D eigenvalue weighted by molar-refractivity contribution is 6.33. The summed E-state index contributed by atoms with van der Waals surface area (Å²) in [4.78, 5) is 1.90. The second-order valence-corrected chi connectivity index (χ2v) is 3.28. The molecule has 0 aromatic heterocycles. The Balaban J connectivity index is 2.88. The van der Waals surface area contributed by atoms with Crippen molar-refractivity contribution in [2.75, 3.05) is 25.7 Å². The number of halogens is 1. The lowest BCUT2D eigenvalue weighted by atomic mass is 10.3. The van der Waals surface area contributed by atoms with Gasteiger partial charge in [-0.3, -0.25) is 5.84 Å². The summed E-state index contributed by atoms with van der Waals surface area (Å²) < 4.78 is 5.05. The van der Waals surface area contributed by atoms with Crippen molar-refractivity contribution in [3.63, 3.8) is 0 Å². The van der Waals surface area contributed by atoms with E-state index in [2.05, 4.69) is 5.43 Å². The van der Waals surface area contributed by atoms with Gasteiger partial charge in [0.25, 0.3) is 0 Å². The van der Waals surface area contributed by atoms with E-state index in [-0.39, 0.29) is 0 Å². The first-order valence-electron chi connectivity index (χ1n) is 4.17. The van der Waals surface area contributed by atoms with Crippen molar-refractivity contribution in [2.24, 2.45) is 5.84 Å². The molecule has 1 aromatic rings. The van der Waals surface area contributed by atoms with Crippen LogP contribution in [-0.2, 0) is 0 Å². The number of nitrogens with zero attached hydrogens (tertiary/aromatic N) is 1. The second-order valence-electron chi connectivity index (χ2n) is 2.88. The van der Waals surface area contributed by atoms with E-state index in [9.17, 15) is 0 Å². The Morgan fingerprint density at radius 2 is 2.29 bits per heavy atom. The zero-order valence-corrected chi connectivity index (χ0v) is 9.01. The molecule has 0 radical (unpaired) electrons. The van der Waals surface area contributed by atoms with Gasteiger partial charge in [0.2, 0.25) is 0 Å². The standard InChI is InChI=1S/C9H14ClN3O/c1-13(6-12-11)9-4-3-7(14-2)5-8(9)10/h3-5,12H,6,11H2,1-2H3. The van der Waals surface area contributed by atoms with Crippen LogP contribution in [0.3, 0.4) is 0 Å². The number of nitrogens with two attached hydrogens (primary N) is 1. The topological polar surface area (TPSA) is 50.5 Å². The van der Waals surface area contributed by atoms with Crippen molar-refractivity contribution in [2.45, 2.75) is 0 Å². The van der Waals surface area contributed by atoms with Gasteiger partial charge in [-0.2, -0.15) is 0 Å². The Bertz CT molecular complexity index is 306. The maximum Gasteiger partial charge on any atom is 0.120 e. The molecule has 0 aliphatic rings.